The number of alkyl halides is 3. The fraction of sp³-hybridized carbons (Fsp3) is 0.857. The van der Waals surface area contributed by atoms with Gasteiger partial charge in [0.05, 0.1) is 6.61 Å². The number of hydrogen-bond donors (Lipinski definition) is 0. The van der Waals surface area contributed by atoms with E-state index in [0.717, 1.165) is 0 Å². The van der Waals surface area contributed by atoms with Crippen molar-refractivity contribution in [3.63, 3.8) is 0 Å². The van der Waals surface area contributed by atoms with Gasteiger partial charge in [-0.15, -0.1) is 0 Å². The predicted molar refractivity (Wildman–Crippen MR) is 36.5 cm³/mol. The van der Waals surface area contributed by atoms with Crippen molar-refractivity contribution in [3.8, 4) is 0 Å². The molecule has 0 atom stereocenters. The van der Waals surface area contributed by atoms with Gasteiger partial charge in [-0.25, -0.2) is 4.79 Å². The third-order valence-corrected chi connectivity index (χ3v) is 1.16. The molecule has 12 heavy (non-hydrogen) atoms. The van der Waals surface area contributed by atoms with Crippen LogP contribution in [0.5, 0.6) is 0 Å². The van der Waals surface area contributed by atoms with E-state index in [2.05, 4.69) is 4.74 Å². The van der Waals surface area contributed by atoms with Gasteiger partial charge in [-0.05, 0) is 12.3 Å². The Morgan fingerprint density at radius 3 is 2.25 bits per heavy atom. The van der Waals surface area contributed by atoms with Crippen LogP contribution in [0.15, 0.2) is 0 Å². The SMILES string of the molecule is CC(C)CCOC(=O)C(F)(F)F. The summed E-state index contributed by atoms with van der Waals surface area (Å²) in [5, 5.41) is 0. The lowest BCUT2D eigenvalue weighted by atomic mass is 10.1. The van der Waals surface area contributed by atoms with E-state index < -0.39 is 12.1 Å². The van der Waals surface area contributed by atoms with Gasteiger partial charge in [0.15, 0.2) is 0 Å². The van der Waals surface area contributed by atoms with E-state index in [4.69, 9.17) is 0 Å². The van der Waals surface area contributed by atoms with Gasteiger partial charge in [-0.3, -0.25) is 0 Å². The van der Waals surface area contributed by atoms with Crippen LogP contribution in [0.2, 0.25) is 0 Å². The first-order chi connectivity index (χ1) is 5.34. The molecule has 0 bridgehead atoms. The second-order valence-corrected chi connectivity index (χ2v) is 2.82. The number of rotatable bonds is 3. The molecule has 0 spiro atoms. The average molecular weight is 184 g/mol. The molecule has 0 aromatic heterocycles. The molecular weight excluding hydrogens is 173 g/mol. The summed E-state index contributed by atoms with van der Waals surface area (Å²) in [6.45, 7) is 3.50. The lowest BCUT2D eigenvalue weighted by molar-refractivity contribution is -0.199. The van der Waals surface area contributed by atoms with Gasteiger partial charge in [0.25, 0.3) is 0 Å². The molecule has 0 unspecified atom stereocenters. The largest absolute Gasteiger partial charge is 0.490 e. The molecule has 72 valence electrons. The Labute approximate surface area is 68.7 Å². The van der Waals surface area contributed by atoms with Crippen LogP contribution in [0.25, 0.3) is 0 Å². The minimum atomic E-state index is -4.86. The van der Waals surface area contributed by atoms with Crippen molar-refractivity contribution in [2.24, 2.45) is 5.92 Å². The summed E-state index contributed by atoms with van der Waals surface area (Å²) in [6, 6.07) is 0. The van der Waals surface area contributed by atoms with Crippen molar-refractivity contribution in [1.29, 1.82) is 0 Å². The third-order valence-electron chi connectivity index (χ3n) is 1.16. The fourth-order valence-electron chi connectivity index (χ4n) is 0.469. The fourth-order valence-corrected chi connectivity index (χ4v) is 0.469. The molecule has 0 aliphatic rings. The predicted octanol–water partition coefficient (Wildman–Crippen LogP) is 2.14. The van der Waals surface area contributed by atoms with Crippen molar-refractivity contribution < 1.29 is 22.7 Å². The van der Waals surface area contributed by atoms with Crippen LogP contribution in [-0.2, 0) is 9.53 Å². The molecular formula is C7H11F3O2. The van der Waals surface area contributed by atoms with Gasteiger partial charge >= 0.3 is 12.1 Å². The zero-order valence-electron chi connectivity index (χ0n) is 6.94. The second-order valence-electron chi connectivity index (χ2n) is 2.82. The van der Waals surface area contributed by atoms with E-state index in [9.17, 15) is 18.0 Å². The smallest absolute Gasteiger partial charge is 0.459 e. The van der Waals surface area contributed by atoms with Gasteiger partial charge in [-0.1, -0.05) is 13.8 Å². The third kappa shape index (κ3) is 4.98. The Balaban J connectivity index is 3.59. The van der Waals surface area contributed by atoms with Crippen LogP contribution in [-0.4, -0.2) is 18.8 Å². The molecule has 0 saturated carbocycles. The van der Waals surface area contributed by atoms with Crippen molar-refractivity contribution in [1.82, 2.24) is 0 Å². The molecule has 5 heteroatoms. The molecule has 0 N–H and O–H groups in total. The van der Waals surface area contributed by atoms with E-state index >= 15 is 0 Å². The summed E-state index contributed by atoms with van der Waals surface area (Å²) in [7, 11) is 0. The maximum absolute atomic E-state index is 11.5. The Kier molecular flexibility index (Phi) is 4.06. The number of carbonyl (C=O) groups is 1. The summed E-state index contributed by atoms with van der Waals surface area (Å²) in [4.78, 5) is 10.1. The van der Waals surface area contributed by atoms with Crippen LogP contribution in [0.4, 0.5) is 13.2 Å². The average Bonchev–Trinajstić information content (AvgIpc) is 1.84. The molecule has 0 radical (unpaired) electrons. The van der Waals surface area contributed by atoms with E-state index in [1.165, 1.54) is 0 Å². The van der Waals surface area contributed by atoms with Crippen LogP contribution >= 0.6 is 0 Å². The molecule has 0 aromatic rings. The molecule has 0 amide bonds. The molecule has 0 fully saturated rings. The van der Waals surface area contributed by atoms with Crippen molar-refractivity contribution >= 4 is 5.97 Å². The number of halogens is 3. The zero-order valence-corrected chi connectivity index (χ0v) is 6.94. The van der Waals surface area contributed by atoms with Gasteiger partial charge in [0.1, 0.15) is 0 Å². The normalized spacial score (nSPS) is 11.8. The van der Waals surface area contributed by atoms with Gasteiger partial charge in [0.2, 0.25) is 0 Å². The zero-order chi connectivity index (χ0) is 9.78. The first-order valence-electron chi connectivity index (χ1n) is 3.58. The van der Waals surface area contributed by atoms with Crippen molar-refractivity contribution in [2.75, 3.05) is 6.61 Å². The highest BCUT2D eigenvalue weighted by Gasteiger charge is 2.40. The van der Waals surface area contributed by atoms with Crippen LogP contribution in [0.3, 0.4) is 0 Å². The summed E-state index contributed by atoms with van der Waals surface area (Å²) >= 11 is 0. The van der Waals surface area contributed by atoms with E-state index in [0.29, 0.717) is 6.42 Å². The molecule has 0 aromatic carbocycles. The Morgan fingerprint density at radius 2 is 1.92 bits per heavy atom. The van der Waals surface area contributed by atoms with Crippen molar-refractivity contribution in [2.45, 2.75) is 26.4 Å². The summed E-state index contributed by atoms with van der Waals surface area (Å²) in [5.74, 6) is -1.88. The number of carbonyl (C=O) groups excluding carboxylic acids is 1. The maximum Gasteiger partial charge on any atom is 0.490 e. The van der Waals surface area contributed by atoms with Crippen LogP contribution < -0.4 is 0 Å². The Hall–Kier alpha value is -0.740. The molecule has 0 saturated heterocycles. The minimum Gasteiger partial charge on any atom is -0.459 e. The highest BCUT2D eigenvalue weighted by atomic mass is 19.4. The molecule has 0 aliphatic carbocycles. The summed E-state index contributed by atoms with van der Waals surface area (Å²) in [6.07, 6.45) is -4.42. The highest BCUT2D eigenvalue weighted by molar-refractivity contribution is 5.75. The highest BCUT2D eigenvalue weighted by Crippen LogP contribution is 2.16. The Bertz CT molecular complexity index is 151. The van der Waals surface area contributed by atoms with Crippen LogP contribution in [0, 0.1) is 5.92 Å². The van der Waals surface area contributed by atoms with Gasteiger partial charge < -0.3 is 4.74 Å². The summed E-state index contributed by atoms with van der Waals surface area (Å²) in [5.41, 5.74) is 0. The lowest BCUT2D eigenvalue weighted by Gasteiger charge is -2.08. The summed E-state index contributed by atoms with van der Waals surface area (Å²) < 4.78 is 38.5. The van der Waals surface area contributed by atoms with Crippen LogP contribution in [0.1, 0.15) is 20.3 Å². The molecule has 0 rings (SSSR count). The Morgan fingerprint density at radius 1 is 1.42 bits per heavy atom. The first-order valence-corrected chi connectivity index (χ1v) is 3.58. The number of hydrogen-bond acceptors (Lipinski definition) is 2. The van der Waals surface area contributed by atoms with E-state index in [1.807, 2.05) is 13.8 Å². The number of esters is 1. The maximum atomic E-state index is 11.5. The topological polar surface area (TPSA) is 26.3 Å². The van der Waals surface area contributed by atoms with Crippen molar-refractivity contribution in [3.05, 3.63) is 0 Å². The standard InChI is InChI=1S/C7H11F3O2/c1-5(2)3-4-12-6(11)7(8,9)10/h5H,3-4H2,1-2H3. The van der Waals surface area contributed by atoms with E-state index in [1.54, 1.807) is 0 Å². The van der Waals surface area contributed by atoms with Gasteiger partial charge in [-0.2, -0.15) is 13.2 Å². The molecule has 2 nitrogen and oxygen atoms in total. The first kappa shape index (κ1) is 11.3. The second kappa shape index (κ2) is 4.33. The van der Waals surface area contributed by atoms with Gasteiger partial charge in [0, 0.05) is 0 Å². The monoisotopic (exact) mass is 184 g/mol. The lowest BCUT2D eigenvalue weighted by Crippen LogP contribution is -2.25. The quantitative estimate of drug-likeness (QED) is 0.628. The molecule has 0 heterocycles. The van der Waals surface area contributed by atoms with E-state index in [-0.39, 0.29) is 12.5 Å². The molecule has 0 aliphatic heterocycles. The number of ether oxygens (including phenoxy) is 1. The minimum absolute atomic E-state index is 0.171.